The highest BCUT2D eigenvalue weighted by Gasteiger charge is 2.24. The molecule has 0 radical (unpaired) electrons. The fourth-order valence-corrected chi connectivity index (χ4v) is 4.47. The van der Waals surface area contributed by atoms with Gasteiger partial charge in [0, 0.05) is 31.0 Å². The second-order valence-electron chi connectivity index (χ2n) is 9.70. The van der Waals surface area contributed by atoms with Gasteiger partial charge in [-0.3, -0.25) is 0 Å². The minimum Gasteiger partial charge on any atom is -0.383 e. The summed E-state index contributed by atoms with van der Waals surface area (Å²) in [7, 11) is 0. The van der Waals surface area contributed by atoms with Crippen molar-refractivity contribution in [3.63, 3.8) is 0 Å². The Labute approximate surface area is 196 Å². The zero-order valence-electron chi connectivity index (χ0n) is 22.2. The lowest BCUT2D eigenvalue weighted by Gasteiger charge is -2.30. The van der Waals surface area contributed by atoms with Crippen molar-refractivity contribution in [3.05, 3.63) is 55.6 Å². The average Bonchev–Trinajstić information content (AvgIpc) is 2.78. The van der Waals surface area contributed by atoms with Crippen LogP contribution in [-0.2, 0) is 0 Å². The summed E-state index contributed by atoms with van der Waals surface area (Å²) in [4.78, 5) is 0. The zero-order chi connectivity index (χ0) is 24.4. The SMILES string of the molecule is C#C[C@](C)(CNCCNc1c(C)c(C)c(C)c(C)c1C)Nc1c(C)c(C)c(C)c(C)c1C. The van der Waals surface area contributed by atoms with Crippen LogP contribution >= 0.6 is 0 Å². The molecule has 0 spiro atoms. The summed E-state index contributed by atoms with van der Waals surface area (Å²) in [6, 6.07) is 0. The Morgan fingerprint density at radius 2 is 0.969 bits per heavy atom. The lowest BCUT2D eigenvalue weighted by atomic mass is 9.91. The molecule has 0 bridgehead atoms. The van der Waals surface area contributed by atoms with Gasteiger partial charge in [-0.25, -0.2) is 0 Å². The fraction of sp³-hybridized carbons (Fsp3) is 0.517. The van der Waals surface area contributed by atoms with E-state index in [9.17, 15) is 0 Å². The number of hydrogen-bond donors (Lipinski definition) is 3. The van der Waals surface area contributed by atoms with E-state index < -0.39 is 5.54 Å². The summed E-state index contributed by atoms with van der Waals surface area (Å²) in [5, 5.41) is 10.9. The standard InChI is InChI=1S/C29H43N3/c1-13-29(12,32-28-25(10)21(6)18(3)22(7)26(28)11)16-30-14-15-31-27-23(8)19(4)17(2)20(5)24(27)9/h1,30-32H,14-16H2,2-12H3/t29-/m1/s1. The average molecular weight is 434 g/mol. The molecule has 3 N–H and O–H groups in total. The van der Waals surface area contributed by atoms with Gasteiger partial charge in [0.05, 0.1) is 0 Å². The predicted molar refractivity (Wildman–Crippen MR) is 142 cm³/mol. The van der Waals surface area contributed by atoms with Crippen molar-refractivity contribution >= 4 is 11.4 Å². The first-order valence-corrected chi connectivity index (χ1v) is 11.7. The van der Waals surface area contributed by atoms with E-state index in [1.807, 2.05) is 0 Å². The number of hydrogen-bond acceptors (Lipinski definition) is 3. The predicted octanol–water partition coefficient (Wildman–Crippen LogP) is 6.28. The van der Waals surface area contributed by atoms with E-state index in [0.29, 0.717) is 6.54 Å². The highest BCUT2D eigenvalue weighted by Crippen LogP contribution is 2.32. The van der Waals surface area contributed by atoms with Crippen LogP contribution in [0.1, 0.15) is 62.6 Å². The van der Waals surface area contributed by atoms with Crippen molar-refractivity contribution in [3.8, 4) is 12.3 Å². The summed E-state index contributed by atoms with van der Waals surface area (Å²) in [6.45, 7) is 26.5. The molecule has 3 nitrogen and oxygen atoms in total. The van der Waals surface area contributed by atoms with E-state index in [1.54, 1.807) is 0 Å². The van der Waals surface area contributed by atoms with Gasteiger partial charge in [-0.15, -0.1) is 6.42 Å². The van der Waals surface area contributed by atoms with Gasteiger partial charge in [0.2, 0.25) is 0 Å². The van der Waals surface area contributed by atoms with Crippen molar-refractivity contribution in [1.29, 1.82) is 0 Å². The third-order valence-corrected chi connectivity index (χ3v) is 7.80. The molecule has 3 heteroatoms. The molecule has 0 saturated heterocycles. The molecule has 0 aliphatic rings. The van der Waals surface area contributed by atoms with Gasteiger partial charge in [0.1, 0.15) is 5.54 Å². The zero-order valence-corrected chi connectivity index (χ0v) is 22.2. The van der Waals surface area contributed by atoms with Gasteiger partial charge < -0.3 is 16.0 Å². The largest absolute Gasteiger partial charge is 0.383 e. The van der Waals surface area contributed by atoms with Crippen LogP contribution in [0.3, 0.4) is 0 Å². The Morgan fingerprint density at radius 3 is 1.38 bits per heavy atom. The second-order valence-corrected chi connectivity index (χ2v) is 9.70. The van der Waals surface area contributed by atoms with Crippen molar-refractivity contribution in [2.75, 3.05) is 30.3 Å². The lowest BCUT2D eigenvalue weighted by molar-refractivity contribution is 0.568. The van der Waals surface area contributed by atoms with Crippen LogP contribution < -0.4 is 16.0 Å². The molecule has 2 rings (SSSR count). The molecule has 0 unspecified atom stereocenters. The summed E-state index contributed by atoms with van der Waals surface area (Å²) in [6.07, 6.45) is 5.99. The summed E-state index contributed by atoms with van der Waals surface area (Å²) in [5.41, 5.74) is 15.4. The molecule has 32 heavy (non-hydrogen) atoms. The molecule has 0 aromatic heterocycles. The van der Waals surface area contributed by atoms with E-state index in [4.69, 9.17) is 6.42 Å². The minimum absolute atomic E-state index is 0.466. The molecule has 0 aliphatic carbocycles. The van der Waals surface area contributed by atoms with Crippen molar-refractivity contribution in [1.82, 2.24) is 5.32 Å². The molecule has 2 aromatic carbocycles. The lowest BCUT2D eigenvalue weighted by Crippen LogP contribution is -2.45. The van der Waals surface area contributed by atoms with Crippen LogP contribution in [-0.4, -0.2) is 25.2 Å². The van der Waals surface area contributed by atoms with Gasteiger partial charge in [0.25, 0.3) is 0 Å². The van der Waals surface area contributed by atoms with Crippen molar-refractivity contribution < 1.29 is 0 Å². The molecule has 0 amide bonds. The van der Waals surface area contributed by atoms with Crippen LogP contribution in [0.4, 0.5) is 11.4 Å². The molecule has 2 aromatic rings. The van der Waals surface area contributed by atoms with Crippen molar-refractivity contribution in [2.24, 2.45) is 0 Å². The molecule has 0 aliphatic heterocycles. The van der Waals surface area contributed by atoms with Crippen LogP contribution in [0.15, 0.2) is 0 Å². The topological polar surface area (TPSA) is 36.1 Å². The van der Waals surface area contributed by atoms with Gasteiger partial charge in [-0.2, -0.15) is 0 Å². The molecule has 0 saturated carbocycles. The third-order valence-electron chi connectivity index (χ3n) is 7.80. The first-order valence-electron chi connectivity index (χ1n) is 11.7. The van der Waals surface area contributed by atoms with Crippen LogP contribution in [0.25, 0.3) is 0 Å². The monoisotopic (exact) mass is 433 g/mol. The van der Waals surface area contributed by atoms with Gasteiger partial charge in [-0.05, 0) is 132 Å². The fourth-order valence-electron chi connectivity index (χ4n) is 4.47. The molecule has 0 fully saturated rings. The second kappa shape index (κ2) is 10.0. The number of terminal acetylenes is 1. The maximum atomic E-state index is 5.99. The molecular weight excluding hydrogens is 390 g/mol. The first-order chi connectivity index (χ1) is 14.9. The van der Waals surface area contributed by atoms with Crippen LogP contribution in [0.5, 0.6) is 0 Å². The van der Waals surface area contributed by atoms with Gasteiger partial charge in [-0.1, -0.05) is 5.92 Å². The van der Waals surface area contributed by atoms with E-state index in [-0.39, 0.29) is 0 Å². The Bertz CT molecular complexity index is 998. The van der Waals surface area contributed by atoms with Crippen LogP contribution in [0.2, 0.25) is 0 Å². The smallest absolute Gasteiger partial charge is 0.108 e. The number of anilines is 2. The summed E-state index contributed by atoms with van der Waals surface area (Å²) in [5.74, 6) is 2.99. The molecule has 1 atom stereocenters. The van der Waals surface area contributed by atoms with E-state index in [2.05, 4.69) is 98.0 Å². The first kappa shape index (κ1) is 25.8. The quantitative estimate of drug-likeness (QED) is 0.339. The van der Waals surface area contributed by atoms with Crippen LogP contribution in [0, 0.1) is 81.6 Å². The number of rotatable bonds is 8. The highest BCUT2D eigenvalue weighted by molar-refractivity contribution is 5.67. The normalized spacial score (nSPS) is 12.9. The van der Waals surface area contributed by atoms with Gasteiger partial charge >= 0.3 is 0 Å². The third kappa shape index (κ3) is 4.97. The number of benzene rings is 2. The Hall–Kier alpha value is -2.44. The molecule has 0 heterocycles. The van der Waals surface area contributed by atoms with E-state index in [0.717, 1.165) is 13.1 Å². The molecule has 174 valence electrons. The maximum absolute atomic E-state index is 5.99. The molecular formula is C29H43N3. The van der Waals surface area contributed by atoms with E-state index in [1.165, 1.54) is 67.0 Å². The number of nitrogens with one attached hydrogen (secondary N) is 3. The maximum Gasteiger partial charge on any atom is 0.108 e. The summed E-state index contributed by atoms with van der Waals surface area (Å²) >= 11 is 0. The van der Waals surface area contributed by atoms with Gasteiger partial charge in [0.15, 0.2) is 0 Å². The van der Waals surface area contributed by atoms with E-state index >= 15 is 0 Å². The minimum atomic E-state index is -0.466. The Morgan fingerprint density at radius 1 is 0.594 bits per heavy atom. The van der Waals surface area contributed by atoms with Crippen molar-refractivity contribution in [2.45, 2.75) is 81.7 Å². The Balaban J connectivity index is 2.05. The summed E-state index contributed by atoms with van der Waals surface area (Å²) < 4.78 is 0. The Kier molecular flexibility index (Phi) is 8.07. The highest BCUT2D eigenvalue weighted by atomic mass is 15.0.